The van der Waals surface area contributed by atoms with Crippen LogP contribution >= 0.6 is 0 Å². The Kier molecular flexibility index (Phi) is 4.21. The molecule has 1 aliphatic rings. The Morgan fingerprint density at radius 1 is 1.09 bits per heavy atom. The van der Waals surface area contributed by atoms with E-state index in [1.165, 1.54) is 11.4 Å². The topological polar surface area (TPSA) is 37.4 Å². The van der Waals surface area contributed by atoms with Crippen LogP contribution in [0, 0.1) is 11.6 Å². The summed E-state index contributed by atoms with van der Waals surface area (Å²) >= 11 is 0. The summed E-state index contributed by atoms with van der Waals surface area (Å²) in [5.41, 5.74) is 2.11. The van der Waals surface area contributed by atoms with Crippen molar-refractivity contribution in [3.63, 3.8) is 0 Å². The number of hydrogen-bond acceptors (Lipinski definition) is 2. The van der Waals surface area contributed by atoms with Crippen molar-refractivity contribution in [2.75, 3.05) is 7.05 Å². The molecule has 0 radical (unpaired) electrons. The fraction of sp³-hybridized carbons (Fsp3) is 0.294. The number of rotatable bonds is 3. The SMILES string of the molecule is CN(C1CCCc2ccccc21)S(=O)(=O)c1ccc(F)c(F)c1. The van der Waals surface area contributed by atoms with Gasteiger partial charge in [-0.05, 0) is 48.6 Å². The Labute approximate surface area is 134 Å². The molecule has 2 aromatic rings. The van der Waals surface area contributed by atoms with Crippen molar-refractivity contribution in [2.45, 2.75) is 30.2 Å². The van der Waals surface area contributed by atoms with Crippen LogP contribution in [0.5, 0.6) is 0 Å². The molecule has 6 heteroatoms. The molecule has 1 atom stereocenters. The quantitative estimate of drug-likeness (QED) is 0.857. The Balaban J connectivity index is 1.99. The molecule has 1 aliphatic carbocycles. The number of nitrogens with zero attached hydrogens (tertiary/aromatic N) is 1. The van der Waals surface area contributed by atoms with Gasteiger partial charge in [0, 0.05) is 13.1 Å². The molecular weight excluding hydrogens is 320 g/mol. The van der Waals surface area contributed by atoms with Crippen molar-refractivity contribution in [2.24, 2.45) is 0 Å². The Morgan fingerprint density at radius 3 is 2.57 bits per heavy atom. The number of aryl methyl sites for hydroxylation is 1. The molecule has 122 valence electrons. The standard InChI is InChI=1S/C17H17F2NO2S/c1-20(17-8-4-6-12-5-2-3-7-14(12)17)23(21,22)13-9-10-15(18)16(19)11-13/h2-3,5,7,9-11,17H,4,6,8H2,1H3. The van der Waals surface area contributed by atoms with Crippen molar-refractivity contribution < 1.29 is 17.2 Å². The van der Waals surface area contributed by atoms with E-state index in [1.54, 1.807) is 0 Å². The van der Waals surface area contributed by atoms with Gasteiger partial charge in [-0.1, -0.05) is 24.3 Å². The van der Waals surface area contributed by atoms with E-state index >= 15 is 0 Å². The third-order valence-electron chi connectivity index (χ3n) is 4.34. The molecule has 0 fully saturated rings. The average molecular weight is 337 g/mol. The minimum absolute atomic E-state index is 0.234. The molecule has 0 heterocycles. The second-order valence-corrected chi connectivity index (χ2v) is 7.70. The molecule has 0 saturated heterocycles. The maximum atomic E-state index is 13.4. The Bertz CT molecular complexity index is 836. The largest absolute Gasteiger partial charge is 0.243 e. The van der Waals surface area contributed by atoms with E-state index in [-0.39, 0.29) is 10.9 Å². The third-order valence-corrected chi connectivity index (χ3v) is 6.21. The first-order valence-electron chi connectivity index (χ1n) is 7.42. The third kappa shape index (κ3) is 2.88. The molecule has 0 amide bonds. The van der Waals surface area contributed by atoms with Crippen LogP contribution in [-0.4, -0.2) is 19.8 Å². The fourth-order valence-corrected chi connectivity index (χ4v) is 4.46. The van der Waals surface area contributed by atoms with Crippen molar-refractivity contribution in [1.29, 1.82) is 0 Å². The van der Waals surface area contributed by atoms with Crippen molar-refractivity contribution in [3.05, 3.63) is 65.2 Å². The van der Waals surface area contributed by atoms with Gasteiger partial charge in [-0.2, -0.15) is 4.31 Å². The Hall–Kier alpha value is -1.79. The summed E-state index contributed by atoms with van der Waals surface area (Å²) in [5, 5.41) is 0. The lowest BCUT2D eigenvalue weighted by Gasteiger charge is -2.32. The first kappa shape index (κ1) is 16.1. The zero-order valence-electron chi connectivity index (χ0n) is 12.7. The van der Waals surface area contributed by atoms with E-state index in [0.717, 1.165) is 42.2 Å². The summed E-state index contributed by atoms with van der Waals surface area (Å²) in [6.07, 6.45) is 2.52. The molecule has 0 saturated carbocycles. The highest BCUT2D eigenvalue weighted by Gasteiger charge is 2.32. The second kappa shape index (κ2) is 6.02. The van der Waals surface area contributed by atoms with E-state index < -0.39 is 21.7 Å². The van der Waals surface area contributed by atoms with Crippen LogP contribution in [-0.2, 0) is 16.4 Å². The van der Waals surface area contributed by atoms with Crippen LogP contribution in [0.2, 0.25) is 0 Å². The maximum Gasteiger partial charge on any atom is 0.243 e. The number of benzene rings is 2. The fourth-order valence-electron chi connectivity index (χ4n) is 3.08. The van der Waals surface area contributed by atoms with Gasteiger partial charge in [0.25, 0.3) is 0 Å². The summed E-state index contributed by atoms with van der Waals surface area (Å²) in [7, 11) is -2.40. The van der Waals surface area contributed by atoms with E-state index in [0.29, 0.717) is 6.42 Å². The summed E-state index contributed by atoms with van der Waals surface area (Å²) < 4.78 is 53.2. The zero-order chi connectivity index (χ0) is 16.6. The molecule has 0 N–H and O–H groups in total. The number of sulfonamides is 1. The smallest absolute Gasteiger partial charge is 0.207 e. The van der Waals surface area contributed by atoms with Gasteiger partial charge in [-0.15, -0.1) is 0 Å². The number of hydrogen-bond donors (Lipinski definition) is 0. The van der Waals surface area contributed by atoms with Crippen LogP contribution in [0.3, 0.4) is 0 Å². The molecule has 0 aliphatic heterocycles. The van der Waals surface area contributed by atoms with Gasteiger partial charge in [0.1, 0.15) is 0 Å². The lowest BCUT2D eigenvalue weighted by atomic mass is 9.88. The number of fused-ring (bicyclic) bond motifs is 1. The highest BCUT2D eigenvalue weighted by Crippen LogP contribution is 2.36. The number of halogens is 2. The normalized spacial score (nSPS) is 18.0. The summed E-state index contributed by atoms with van der Waals surface area (Å²) in [6, 6.07) is 10.1. The van der Waals surface area contributed by atoms with Crippen LogP contribution in [0.1, 0.15) is 30.0 Å². The van der Waals surface area contributed by atoms with Gasteiger partial charge >= 0.3 is 0 Å². The van der Waals surface area contributed by atoms with E-state index in [2.05, 4.69) is 0 Å². The average Bonchev–Trinajstić information content (AvgIpc) is 2.56. The summed E-state index contributed by atoms with van der Waals surface area (Å²) in [4.78, 5) is -0.234. The summed E-state index contributed by atoms with van der Waals surface area (Å²) in [5.74, 6) is -2.22. The molecule has 3 rings (SSSR count). The van der Waals surface area contributed by atoms with Gasteiger partial charge < -0.3 is 0 Å². The van der Waals surface area contributed by atoms with E-state index in [9.17, 15) is 17.2 Å². The minimum Gasteiger partial charge on any atom is -0.207 e. The molecule has 1 unspecified atom stereocenters. The molecule has 0 aromatic heterocycles. The highest BCUT2D eigenvalue weighted by molar-refractivity contribution is 7.89. The predicted octanol–water partition coefficient (Wildman–Crippen LogP) is 3.66. The second-order valence-electron chi connectivity index (χ2n) is 5.70. The molecule has 0 spiro atoms. The molecule has 2 aromatic carbocycles. The lowest BCUT2D eigenvalue weighted by molar-refractivity contribution is 0.337. The van der Waals surface area contributed by atoms with Crippen LogP contribution in [0.4, 0.5) is 8.78 Å². The first-order valence-corrected chi connectivity index (χ1v) is 8.86. The molecule has 23 heavy (non-hydrogen) atoms. The summed E-state index contributed by atoms with van der Waals surface area (Å²) in [6.45, 7) is 0. The Morgan fingerprint density at radius 2 is 1.83 bits per heavy atom. The first-order chi connectivity index (χ1) is 10.9. The van der Waals surface area contributed by atoms with Gasteiger partial charge in [0.2, 0.25) is 10.0 Å². The van der Waals surface area contributed by atoms with Crippen LogP contribution < -0.4 is 0 Å². The lowest BCUT2D eigenvalue weighted by Crippen LogP contribution is -2.33. The van der Waals surface area contributed by atoms with Crippen molar-refractivity contribution in [1.82, 2.24) is 4.31 Å². The van der Waals surface area contributed by atoms with Gasteiger partial charge in [0.15, 0.2) is 11.6 Å². The van der Waals surface area contributed by atoms with E-state index in [4.69, 9.17) is 0 Å². The van der Waals surface area contributed by atoms with Crippen LogP contribution in [0.25, 0.3) is 0 Å². The zero-order valence-corrected chi connectivity index (χ0v) is 13.5. The highest BCUT2D eigenvalue weighted by atomic mass is 32.2. The van der Waals surface area contributed by atoms with Gasteiger partial charge in [-0.3, -0.25) is 0 Å². The molecular formula is C17H17F2NO2S. The maximum absolute atomic E-state index is 13.4. The van der Waals surface area contributed by atoms with Crippen molar-refractivity contribution in [3.8, 4) is 0 Å². The predicted molar refractivity (Wildman–Crippen MR) is 83.4 cm³/mol. The monoisotopic (exact) mass is 337 g/mol. The molecule has 0 bridgehead atoms. The van der Waals surface area contributed by atoms with Gasteiger partial charge in [-0.25, -0.2) is 17.2 Å². The van der Waals surface area contributed by atoms with Crippen molar-refractivity contribution >= 4 is 10.0 Å². The minimum atomic E-state index is -3.89. The van der Waals surface area contributed by atoms with Crippen LogP contribution in [0.15, 0.2) is 47.4 Å². The van der Waals surface area contributed by atoms with E-state index in [1.807, 2.05) is 24.3 Å². The van der Waals surface area contributed by atoms with Gasteiger partial charge in [0.05, 0.1) is 4.90 Å². The molecule has 3 nitrogen and oxygen atoms in total.